The van der Waals surface area contributed by atoms with Crippen molar-refractivity contribution in [3.63, 3.8) is 0 Å². The van der Waals surface area contributed by atoms with Crippen LogP contribution in [0.25, 0.3) is 33.5 Å². The summed E-state index contributed by atoms with van der Waals surface area (Å²) in [6.07, 6.45) is 4.52. The number of aryl methyl sites for hydroxylation is 1. The van der Waals surface area contributed by atoms with Crippen molar-refractivity contribution in [2.75, 3.05) is 32.9 Å². The fourth-order valence-corrected chi connectivity index (χ4v) is 6.49. The van der Waals surface area contributed by atoms with Crippen LogP contribution >= 0.6 is 0 Å². The normalized spacial score (nSPS) is 19.5. The lowest BCUT2D eigenvalue weighted by Gasteiger charge is -2.30. The van der Waals surface area contributed by atoms with Crippen LogP contribution in [0.3, 0.4) is 0 Å². The standard InChI is InChI=1S/C32H37FN6O3/c1-37-26-12-21-7-9-38(18-23(34)15-33)32(41)24(21)14-25(26)36-31(37)27-13-22-3-2-4-28(30(22)39(27)17-19-5-6-19)42-10-8-20-11-29(40)35-16-20/h2-4,12-14,19-20,23H,5-11,15-18,34H2,1H3,(H,35,40). The summed E-state index contributed by atoms with van der Waals surface area (Å²) in [5, 5.41) is 4.01. The first-order valence-electron chi connectivity index (χ1n) is 15.0. The minimum atomic E-state index is -0.674. The summed E-state index contributed by atoms with van der Waals surface area (Å²) in [7, 11) is 2.03. The van der Waals surface area contributed by atoms with Gasteiger partial charge in [-0.25, -0.2) is 9.37 Å². The second kappa shape index (κ2) is 10.7. The molecule has 1 aliphatic carbocycles. The van der Waals surface area contributed by atoms with Crippen molar-refractivity contribution in [1.29, 1.82) is 0 Å². The van der Waals surface area contributed by atoms with Crippen LogP contribution in [0.2, 0.25) is 0 Å². The number of hydrogen-bond acceptors (Lipinski definition) is 5. The summed E-state index contributed by atoms with van der Waals surface area (Å²) in [5.41, 5.74) is 11.3. The molecule has 4 heterocycles. The Kier molecular flexibility index (Phi) is 6.88. The Bertz CT molecular complexity index is 1690. The van der Waals surface area contributed by atoms with Crippen molar-refractivity contribution in [2.24, 2.45) is 24.6 Å². The number of halogens is 1. The Morgan fingerprint density at radius 2 is 2.05 bits per heavy atom. The highest BCUT2D eigenvalue weighted by Gasteiger charge is 2.29. The molecule has 0 radical (unpaired) electrons. The van der Waals surface area contributed by atoms with Crippen LogP contribution in [0.5, 0.6) is 5.75 Å². The van der Waals surface area contributed by atoms with Gasteiger partial charge < -0.3 is 29.8 Å². The number of nitrogens with two attached hydrogens (primary N) is 1. The van der Waals surface area contributed by atoms with Crippen LogP contribution in [-0.2, 0) is 24.8 Å². The third-order valence-corrected chi connectivity index (χ3v) is 9.02. The Morgan fingerprint density at radius 3 is 2.81 bits per heavy atom. The molecule has 10 heteroatoms. The summed E-state index contributed by atoms with van der Waals surface area (Å²) >= 11 is 0. The Labute approximate surface area is 243 Å². The van der Waals surface area contributed by atoms with Gasteiger partial charge in [-0.2, -0.15) is 0 Å². The van der Waals surface area contributed by atoms with Crippen LogP contribution in [0.1, 0.15) is 41.6 Å². The molecule has 2 aromatic carbocycles. The van der Waals surface area contributed by atoms with Crippen molar-refractivity contribution in [1.82, 2.24) is 24.3 Å². The van der Waals surface area contributed by atoms with E-state index in [0.29, 0.717) is 43.4 Å². The van der Waals surface area contributed by atoms with Gasteiger partial charge in [0, 0.05) is 50.6 Å². The van der Waals surface area contributed by atoms with Crippen LogP contribution in [-0.4, -0.2) is 69.8 Å². The maximum Gasteiger partial charge on any atom is 0.254 e. The van der Waals surface area contributed by atoms with E-state index in [0.717, 1.165) is 64.3 Å². The number of amides is 2. The molecular formula is C32H37FN6O3. The summed E-state index contributed by atoms with van der Waals surface area (Å²) in [6.45, 7) is 2.26. The van der Waals surface area contributed by atoms with Gasteiger partial charge in [-0.3, -0.25) is 9.59 Å². The summed E-state index contributed by atoms with van der Waals surface area (Å²) in [6, 6.07) is 11.7. The number of imidazole rings is 1. The largest absolute Gasteiger partial charge is 0.491 e. The fourth-order valence-electron chi connectivity index (χ4n) is 6.49. The van der Waals surface area contributed by atoms with Gasteiger partial charge in [0.2, 0.25) is 5.91 Å². The predicted molar refractivity (Wildman–Crippen MR) is 159 cm³/mol. The molecule has 4 aromatic rings. The molecule has 9 nitrogen and oxygen atoms in total. The SMILES string of the molecule is Cn1c(-c2cc3cccc(OCCC4CNC(=O)C4)c3n2CC2CC2)nc2cc3c(cc21)CCN(CC(N)CF)C3=O. The highest BCUT2D eigenvalue weighted by molar-refractivity contribution is 6.01. The average molecular weight is 573 g/mol. The Balaban J connectivity index is 1.24. The van der Waals surface area contributed by atoms with Crippen LogP contribution in [0.4, 0.5) is 4.39 Å². The van der Waals surface area contributed by atoms with Crippen LogP contribution < -0.4 is 15.8 Å². The second-order valence-corrected chi connectivity index (χ2v) is 12.2. The first kappa shape index (κ1) is 26.9. The van der Waals surface area contributed by atoms with Crippen LogP contribution in [0, 0.1) is 11.8 Å². The molecule has 1 saturated heterocycles. The number of ether oxygens (including phenoxy) is 1. The molecule has 2 amide bonds. The average Bonchev–Trinajstić information content (AvgIpc) is 3.47. The third kappa shape index (κ3) is 4.91. The van der Waals surface area contributed by atoms with Gasteiger partial charge in [0.25, 0.3) is 5.91 Å². The lowest BCUT2D eigenvalue weighted by Crippen LogP contribution is -2.45. The van der Waals surface area contributed by atoms with Crippen molar-refractivity contribution in [3.05, 3.63) is 47.5 Å². The van der Waals surface area contributed by atoms with E-state index in [9.17, 15) is 14.0 Å². The molecule has 0 spiro atoms. The summed E-state index contributed by atoms with van der Waals surface area (Å²) in [4.78, 5) is 31.6. The fraction of sp³-hybridized carbons (Fsp3) is 0.469. The first-order valence-corrected chi connectivity index (χ1v) is 15.0. The number of alkyl halides is 1. The smallest absolute Gasteiger partial charge is 0.254 e. The van der Waals surface area contributed by atoms with Gasteiger partial charge in [-0.05, 0) is 67.3 Å². The molecule has 3 N–H and O–H groups in total. The Hall–Kier alpha value is -3.92. The first-order chi connectivity index (χ1) is 20.4. The number of para-hydroxylation sites is 1. The number of benzene rings is 2. The molecule has 3 aliphatic rings. The van der Waals surface area contributed by atoms with E-state index in [2.05, 4.69) is 32.7 Å². The highest BCUT2D eigenvalue weighted by Crippen LogP contribution is 2.39. The number of aromatic nitrogens is 3. The Morgan fingerprint density at radius 1 is 1.19 bits per heavy atom. The minimum Gasteiger partial charge on any atom is -0.491 e. The lowest BCUT2D eigenvalue weighted by molar-refractivity contribution is -0.119. The van der Waals surface area contributed by atoms with E-state index in [-0.39, 0.29) is 18.4 Å². The van der Waals surface area contributed by atoms with Gasteiger partial charge >= 0.3 is 0 Å². The van der Waals surface area contributed by atoms with E-state index in [4.69, 9.17) is 15.5 Å². The second-order valence-electron chi connectivity index (χ2n) is 12.2. The summed E-state index contributed by atoms with van der Waals surface area (Å²) in [5.74, 6) is 2.64. The molecular weight excluding hydrogens is 535 g/mol. The molecule has 42 heavy (non-hydrogen) atoms. The zero-order chi connectivity index (χ0) is 29.0. The number of carbonyl (C=O) groups excluding carboxylic acids is 2. The molecule has 2 aliphatic heterocycles. The third-order valence-electron chi connectivity index (χ3n) is 9.02. The van der Waals surface area contributed by atoms with E-state index >= 15 is 0 Å². The van der Waals surface area contributed by atoms with Gasteiger partial charge in [-0.15, -0.1) is 0 Å². The van der Waals surface area contributed by atoms with E-state index < -0.39 is 12.7 Å². The maximum atomic E-state index is 13.3. The van der Waals surface area contributed by atoms with Gasteiger partial charge in [0.1, 0.15) is 12.4 Å². The minimum absolute atomic E-state index is 0.114. The molecule has 0 bridgehead atoms. The topological polar surface area (TPSA) is 107 Å². The van der Waals surface area contributed by atoms with E-state index in [1.165, 1.54) is 12.8 Å². The molecule has 220 valence electrons. The van der Waals surface area contributed by atoms with Crippen LogP contribution in [0.15, 0.2) is 36.4 Å². The molecule has 1 saturated carbocycles. The highest BCUT2D eigenvalue weighted by atomic mass is 19.1. The zero-order valence-electron chi connectivity index (χ0n) is 23.9. The summed E-state index contributed by atoms with van der Waals surface area (Å²) < 4.78 is 23.9. The van der Waals surface area contributed by atoms with Crippen molar-refractivity contribution < 1.29 is 18.7 Å². The van der Waals surface area contributed by atoms with E-state index in [1.807, 2.05) is 25.2 Å². The van der Waals surface area contributed by atoms with Crippen molar-refractivity contribution >= 4 is 33.8 Å². The molecule has 2 aromatic heterocycles. The van der Waals surface area contributed by atoms with Gasteiger partial charge in [0.15, 0.2) is 5.82 Å². The van der Waals surface area contributed by atoms with E-state index in [1.54, 1.807) is 4.90 Å². The van der Waals surface area contributed by atoms with Crippen molar-refractivity contribution in [2.45, 2.75) is 44.7 Å². The monoisotopic (exact) mass is 572 g/mol. The number of nitrogens with one attached hydrogen (secondary N) is 1. The number of hydrogen-bond donors (Lipinski definition) is 2. The maximum absolute atomic E-state index is 13.3. The molecule has 2 atom stereocenters. The molecule has 2 fully saturated rings. The lowest BCUT2D eigenvalue weighted by atomic mass is 9.97. The van der Waals surface area contributed by atoms with Crippen molar-refractivity contribution in [3.8, 4) is 17.3 Å². The number of carbonyl (C=O) groups is 2. The number of rotatable bonds is 10. The number of fused-ring (bicyclic) bond motifs is 3. The quantitative estimate of drug-likeness (QED) is 0.301. The number of nitrogens with zero attached hydrogens (tertiary/aromatic N) is 4. The van der Waals surface area contributed by atoms with Gasteiger partial charge in [0.05, 0.1) is 34.9 Å². The molecule has 7 rings (SSSR count). The van der Waals surface area contributed by atoms with Gasteiger partial charge in [-0.1, -0.05) is 12.1 Å². The zero-order valence-corrected chi connectivity index (χ0v) is 23.9. The predicted octanol–water partition coefficient (Wildman–Crippen LogP) is 3.81. The molecule has 2 unspecified atom stereocenters.